The third-order valence-corrected chi connectivity index (χ3v) is 13.3. The van der Waals surface area contributed by atoms with E-state index in [9.17, 15) is 0 Å². The predicted octanol–water partition coefficient (Wildman–Crippen LogP) is 7.65. The Kier molecular flexibility index (Phi) is 8.05. The van der Waals surface area contributed by atoms with Crippen molar-refractivity contribution in [3.8, 4) is 0 Å². The molecule has 2 heteroatoms. The van der Waals surface area contributed by atoms with Crippen LogP contribution in [-0.4, -0.2) is 26.2 Å². The minimum atomic E-state index is 0.785. The average molecular weight is 396 g/mol. The lowest BCUT2D eigenvalue weighted by atomic mass is 9.98. The van der Waals surface area contributed by atoms with Crippen molar-refractivity contribution in [3.63, 3.8) is 0 Å². The van der Waals surface area contributed by atoms with E-state index in [0.29, 0.717) is 0 Å². The lowest BCUT2D eigenvalue weighted by Crippen LogP contribution is -2.44. The Labute approximate surface area is 170 Å². The van der Waals surface area contributed by atoms with Crippen LogP contribution in [0.15, 0.2) is 0 Å². The molecule has 0 atom stereocenters. The van der Waals surface area contributed by atoms with Gasteiger partial charge < -0.3 is 0 Å². The van der Waals surface area contributed by atoms with Crippen LogP contribution >= 0.6 is 11.8 Å². The molecule has 0 N–H and O–H groups in total. The van der Waals surface area contributed by atoms with Crippen LogP contribution in [0.4, 0.5) is 0 Å². The van der Waals surface area contributed by atoms with Gasteiger partial charge in [0.1, 0.15) is 15.7 Å². The zero-order valence-corrected chi connectivity index (χ0v) is 18.8. The number of thioether (sulfide) groups is 1. The Morgan fingerprint density at radius 2 is 0.769 bits per heavy atom. The molecule has 26 heavy (non-hydrogen) atoms. The molecule has 0 aromatic carbocycles. The van der Waals surface area contributed by atoms with Crippen LogP contribution < -0.4 is 0 Å². The minimum Gasteiger partial charge on any atom is -0.155 e. The third-order valence-electron chi connectivity index (χ3n) is 7.82. The molecule has 4 fully saturated rings. The Bertz CT molecular complexity index is 365. The van der Waals surface area contributed by atoms with E-state index in [1.54, 1.807) is 77.0 Å². The van der Waals surface area contributed by atoms with Gasteiger partial charge in [-0.05, 0) is 101 Å². The Balaban J connectivity index is 1.32. The average Bonchev–Trinajstić information content (AvgIpc) is 2.72. The first-order valence-corrected chi connectivity index (χ1v) is 14.6. The van der Waals surface area contributed by atoms with E-state index < -0.39 is 0 Å². The number of hydrogen-bond acceptors (Lipinski definition) is 1. The molecule has 4 saturated carbocycles. The summed E-state index contributed by atoms with van der Waals surface area (Å²) in [6.45, 7) is 0. The fraction of sp³-hybridized carbons (Fsp3) is 1.00. The van der Waals surface area contributed by atoms with E-state index in [4.69, 9.17) is 0 Å². The number of rotatable bonds is 5. The largest absolute Gasteiger partial charge is 0.155 e. The van der Waals surface area contributed by atoms with Gasteiger partial charge >= 0.3 is 0 Å². The standard InChI is InChI=1S/C24H43S2/c1-4-10-20(11-5-1)25-21-16-18-24(19-17-21)26(22-12-6-2-7-13-22)23-14-8-3-9-15-23/h20-24H,1-19H2/q+1. The molecule has 0 amide bonds. The second kappa shape index (κ2) is 10.5. The summed E-state index contributed by atoms with van der Waals surface area (Å²) in [6.07, 6.45) is 29.5. The van der Waals surface area contributed by atoms with E-state index in [1.165, 1.54) is 44.9 Å². The smallest absolute Gasteiger partial charge is 0.118 e. The molecule has 4 rings (SSSR count). The summed E-state index contributed by atoms with van der Waals surface area (Å²) in [6, 6.07) is 0. The zero-order chi connectivity index (χ0) is 17.6. The summed E-state index contributed by atoms with van der Waals surface area (Å²) >= 11 is 2.43. The van der Waals surface area contributed by atoms with E-state index in [1.807, 2.05) is 0 Å². The first-order chi connectivity index (χ1) is 12.9. The van der Waals surface area contributed by atoms with Crippen LogP contribution in [0.3, 0.4) is 0 Å². The van der Waals surface area contributed by atoms with E-state index in [0.717, 1.165) is 37.1 Å². The minimum absolute atomic E-state index is 0.785. The van der Waals surface area contributed by atoms with Crippen molar-refractivity contribution in [1.82, 2.24) is 0 Å². The predicted molar refractivity (Wildman–Crippen MR) is 122 cm³/mol. The Morgan fingerprint density at radius 1 is 0.385 bits per heavy atom. The van der Waals surface area contributed by atoms with Gasteiger partial charge in [-0.25, -0.2) is 0 Å². The molecule has 0 aromatic rings. The molecule has 0 unspecified atom stereocenters. The van der Waals surface area contributed by atoms with Crippen LogP contribution in [0.25, 0.3) is 0 Å². The van der Waals surface area contributed by atoms with Gasteiger partial charge in [0.15, 0.2) is 0 Å². The molecule has 0 radical (unpaired) electrons. The van der Waals surface area contributed by atoms with Crippen LogP contribution in [0, 0.1) is 0 Å². The third kappa shape index (κ3) is 5.40. The van der Waals surface area contributed by atoms with Crippen LogP contribution in [0.1, 0.15) is 122 Å². The maximum Gasteiger partial charge on any atom is 0.118 e. The lowest BCUT2D eigenvalue weighted by Gasteiger charge is -2.38. The SMILES string of the molecule is C1CCC(SC2CCC([S+](C3CCCCC3)C3CCCCC3)CC2)CC1. The maximum absolute atomic E-state index is 2.43. The van der Waals surface area contributed by atoms with Gasteiger partial charge in [-0.3, -0.25) is 0 Å². The van der Waals surface area contributed by atoms with E-state index >= 15 is 0 Å². The van der Waals surface area contributed by atoms with Crippen LogP contribution in [0.2, 0.25) is 0 Å². The van der Waals surface area contributed by atoms with Crippen molar-refractivity contribution in [2.75, 3.05) is 0 Å². The highest BCUT2D eigenvalue weighted by molar-refractivity contribution is 8.00. The molecule has 0 saturated heterocycles. The molecule has 0 bridgehead atoms. The zero-order valence-electron chi connectivity index (χ0n) is 17.1. The molecule has 0 aromatic heterocycles. The van der Waals surface area contributed by atoms with E-state index in [2.05, 4.69) is 11.8 Å². The molecule has 0 spiro atoms. The molecule has 150 valence electrons. The first-order valence-electron chi connectivity index (χ1n) is 12.3. The normalized spacial score (nSPS) is 33.6. The van der Waals surface area contributed by atoms with Crippen molar-refractivity contribution in [1.29, 1.82) is 0 Å². The summed E-state index contributed by atoms with van der Waals surface area (Å²) in [5.74, 6) is 0. The molecule has 4 aliphatic rings. The highest BCUT2D eigenvalue weighted by Gasteiger charge is 2.46. The molecular formula is C24H43S2+. The Hall–Kier alpha value is 0.700. The first kappa shape index (κ1) is 20.0. The second-order valence-corrected chi connectivity index (χ2v) is 14.1. The fourth-order valence-electron chi connectivity index (χ4n) is 6.40. The van der Waals surface area contributed by atoms with Crippen molar-refractivity contribution in [2.45, 2.75) is 148 Å². The quantitative estimate of drug-likeness (QED) is 0.431. The summed E-state index contributed by atoms with van der Waals surface area (Å²) in [5.41, 5.74) is 0. The fourth-order valence-corrected chi connectivity index (χ4v) is 12.3. The molecule has 0 aliphatic heterocycles. The van der Waals surface area contributed by atoms with Gasteiger partial charge in [0.2, 0.25) is 0 Å². The topological polar surface area (TPSA) is 0 Å². The highest BCUT2D eigenvalue weighted by atomic mass is 32.2. The van der Waals surface area contributed by atoms with Gasteiger partial charge in [0, 0.05) is 10.5 Å². The molecular weight excluding hydrogens is 352 g/mol. The van der Waals surface area contributed by atoms with Crippen molar-refractivity contribution < 1.29 is 0 Å². The highest BCUT2D eigenvalue weighted by Crippen LogP contribution is 2.43. The molecule has 0 heterocycles. The van der Waals surface area contributed by atoms with Gasteiger partial charge in [0.05, 0.1) is 0 Å². The summed E-state index contributed by atoms with van der Waals surface area (Å²) in [5, 5.41) is 5.46. The lowest BCUT2D eigenvalue weighted by molar-refractivity contribution is 0.467. The van der Waals surface area contributed by atoms with Crippen molar-refractivity contribution >= 4 is 22.7 Å². The Morgan fingerprint density at radius 3 is 1.27 bits per heavy atom. The maximum atomic E-state index is 2.43. The molecule has 4 aliphatic carbocycles. The van der Waals surface area contributed by atoms with Gasteiger partial charge in [-0.15, -0.1) is 0 Å². The molecule has 0 nitrogen and oxygen atoms in total. The number of hydrogen-bond donors (Lipinski definition) is 0. The summed E-state index contributed by atoms with van der Waals surface area (Å²) in [4.78, 5) is 0. The van der Waals surface area contributed by atoms with Gasteiger partial charge in [-0.2, -0.15) is 11.8 Å². The van der Waals surface area contributed by atoms with Gasteiger partial charge in [0.25, 0.3) is 0 Å². The van der Waals surface area contributed by atoms with Gasteiger partial charge in [-0.1, -0.05) is 32.1 Å². The summed E-state index contributed by atoms with van der Waals surface area (Å²) < 4.78 is 0. The van der Waals surface area contributed by atoms with Crippen molar-refractivity contribution in [2.24, 2.45) is 0 Å². The second-order valence-electron chi connectivity index (χ2n) is 9.72. The van der Waals surface area contributed by atoms with Crippen LogP contribution in [0.5, 0.6) is 0 Å². The van der Waals surface area contributed by atoms with E-state index in [-0.39, 0.29) is 0 Å². The monoisotopic (exact) mass is 395 g/mol. The van der Waals surface area contributed by atoms with Crippen LogP contribution in [-0.2, 0) is 10.9 Å². The summed E-state index contributed by atoms with van der Waals surface area (Å²) in [7, 11) is 0.785. The van der Waals surface area contributed by atoms with Crippen molar-refractivity contribution in [3.05, 3.63) is 0 Å².